The fourth-order valence-electron chi connectivity index (χ4n) is 6.68. The van der Waals surface area contributed by atoms with E-state index in [1.54, 1.807) is 37.6 Å². The number of carbonyl (C=O) groups is 3. The molecule has 4 heterocycles. The number of esters is 2. The maximum Gasteiger partial charge on any atom is 0.337 e. The molecular weight excluding hydrogens is 618 g/mol. The van der Waals surface area contributed by atoms with Crippen LogP contribution in [0.4, 0.5) is 0 Å². The lowest BCUT2D eigenvalue weighted by Gasteiger charge is -2.31. The third-order valence-electron chi connectivity index (χ3n) is 9.02. The highest BCUT2D eigenvalue weighted by Crippen LogP contribution is 2.39. The summed E-state index contributed by atoms with van der Waals surface area (Å²) in [6.07, 6.45) is 14.4. The fraction of sp³-hybridized carbons (Fsp3) is 0.333. The van der Waals surface area contributed by atoms with Gasteiger partial charge >= 0.3 is 11.9 Å². The second-order valence-electron chi connectivity index (χ2n) is 12.3. The van der Waals surface area contributed by atoms with Crippen LogP contribution in [0.25, 0.3) is 22.4 Å². The summed E-state index contributed by atoms with van der Waals surface area (Å²) in [7, 11) is 0. The van der Waals surface area contributed by atoms with Gasteiger partial charge in [-0.05, 0) is 88.8 Å². The number of pyridine rings is 2. The van der Waals surface area contributed by atoms with E-state index in [0.29, 0.717) is 34.5 Å². The number of allylic oxidation sites excluding steroid dienone is 3. The largest absolute Gasteiger partial charge is 0.463 e. The van der Waals surface area contributed by atoms with Crippen molar-refractivity contribution in [2.45, 2.75) is 65.7 Å². The number of Topliss-reactive ketones (excluding diaryl/α,β-unsaturated/α-hetero) is 1. The quantitative estimate of drug-likeness (QED) is 0.0785. The number of imidazole rings is 1. The molecule has 0 saturated heterocycles. The van der Waals surface area contributed by atoms with Gasteiger partial charge in [-0.15, -0.1) is 0 Å². The maximum absolute atomic E-state index is 13.8. The van der Waals surface area contributed by atoms with E-state index in [2.05, 4.69) is 30.9 Å². The Morgan fingerprint density at radius 1 is 0.918 bits per heavy atom. The van der Waals surface area contributed by atoms with Crippen LogP contribution < -0.4 is 5.32 Å². The smallest absolute Gasteiger partial charge is 0.337 e. The highest BCUT2D eigenvalue weighted by atomic mass is 16.5. The van der Waals surface area contributed by atoms with Crippen LogP contribution in [0.3, 0.4) is 0 Å². The third kappa shape index (κ3) is 7.38. The Hall–Kier alpha value is -5.38. The Bertz CT molecular complexity index is 1950. The van der Waals surface area contributed by atoms with Gasteiger partial charge in [0.05, 0.1) is 41.8 Å². The number of hydrogen-bond acceptors (Lipinski definition) is 9. The summed E-state index contributed by atoms with van der Waals surface area (Å²) in [6, 6.07) is 13.3. The molecule has 0 amide bonds. The average molecular weight is 660 g/mol. The van der Waals surface area contributed by atoms with Gasteiger partial charge in [0.25, 0.3) is 0 Å². The van der Waals surface area contributed by atoms with Crippen molar-refractivity contribution in [1.29, 1.82) is 0 Å². The van der Waals surface area contributed by atoms with Crippen LogP contribution >= 0.6 is 0 Å². The molecule has 10 nitrogen and oxygen atoms in total. The molecule has 1 aliphatic carbocycles. The zero-order valence-corrected chi connectivity index (χ0v) is 28.2. The van der Waals surface area contributed by atoms with Crippen molar-refractivity contribution in [1.82, 2.24) is 24.8 Å². The molecule has 1 fully saturated rings. The number of ketones is 1. The highest BCUT2D eigenvalue weighted by molar-refractivity contribution is 6.04. The van der Waals surface area contributed by atoms with Crippen LogP contribution in [-0.4, -0.2) is 50.5 Å². The molecule has 252 valence electrons. The lowest BCUT2D eigenvalue weighted by atomic mass is 9.80. The number of carbonyl (C=O) groups excluding carboxylic acids is 3. The van der Waals surface area contributed by atoms with Crippen LogP contribution in [0, 0.1) is 12.8 Å². The maximum atomic E-state index is 13.8. The zero-order chi connectivity index (χ0) is 34.3. The first kappa shape index (κ1) is 33.5. The number of nitrogens with one attached hydrogen (secondary N) is 1. The number of fused-ring (bicyclic) bond motifs is 1. The first-order valence-corrected chi connectivity index (χ1v) is 16.9. The standard InChI is InChI=1S/C39H41N5O5/c1-4-48-39(47)36-31(22-27-10-6-5-7-11-27)35(38(46)49-21-9-13-34(45)29-12-8-19-40-23-29)25(2)42-37(36)28-14-16-30(17-15-28)44-26(3)43-32-24-41-20-18-33(32)44/h8,12,14-20,22-24,31,42H,4-7,9-11,13,21H2,1-3H3. The summed E-state index contributed by atoms with van der Waals surface area (Å²) >= 11 is 0. The van der Waals surface area contributed by atoms with E-state index in [-0.39, 0.29) is 25.4 Å². The molecule has 3 aromatic heterocycles. The molecular formula is C39H41N5O5. The van der Waals surface area contributed by atoms with Crippen molar-refractivity contribution in [3.05, 3.63) is 113 Å². The second kappa shape index (κ2) is 15.2. The first-order valence-electron chi connectivity index (χ1n) is 16.9. The Morgan fingerprint density at radius 3 is 2.41 bits per heavy atom. The Labute approximate surface area is 286 Å². The van der Waals surface area contributed by atoms with Gasteiger partial charge in [-0.2, -0.15) is 0 Å². The molecule has 0 spiro atoms. The molecule has 4 aromatic rings. The van der Waals surface area contributed by atoms with Crippen LogP contribution in [0.1, 0.15) is 80.5 Å². The van der Waals surface area contributed by atoms with E-state index in [1.165, 1.54) is 11.8 Å². The van der Waals surface area contributed by atoms with E-state index in [0.717, 1.165) is 60.2 Å². The van der Waals surface area contributed by atoms with Crippen LogP contribution in [-0.2, 0) is 19.1 Å². The SMILES string of the molecule is CCOC(=O)C1=C(c2ccc(-n3c(C)nc4cnccc43)cc2)NC(C)=C(C(=O)OCCCC(=O)c2cccnc2)C1C=C1CCCCC1. The van der Waals surface area contributed by atoms with Crippen LogP contribution in [0.5, 0.6) is 0 Å². The van der Waals surface area contributed by atoms with Gasteiger partial charge in [0, 0.05) is 47.9 Å². The van der Waals surface area contributed by atoms with E-state index in [9.17, 15) is 14.4 Å². The lowest BCUT2D eigenvalue weighted by molar-refractivity contribution is -0.140. The van der Waals surface area contributed by atoms with Gasteiger partial charge in [-0.25, -0.2) is 14.6 Å². The molecule has 1 aromatic carbocycles. The monoisotopic (exact) mass is 659 g/mol. The fourth-order valence-corrected chi connectivity index (χ4v) is 6.68. The van der Waals surface area contributed by atoms with Crippen LogP contribution in [0.15, 0.2) is 95.7 Å². The number of benzene rings is 1. The Morgan fingerprint density at radius 2 is 1.67 bits per heavy atom. The van der Waals surface area contributed by atoms with Crippen molar-refractivity contribution >= 4 is 34.5 Å². The summed E-state index contributed by atoms with van der Waals surface area (Å²) in [6.45, 7) is 5.81. The van der Waals surface area contributed by atoms with E-state index in [4.69, 9.17) is 9.47 Å². The number of aromatic nitrogens is 4. The molecule has 1 unspecified atom stereocenters. The molecule has 0 radical (unpaired) electrons. The molecule has 1 N–H and O–H groups in total. The van der Waals surface area contributed by atoms with Gasteiger partial charge in [0.15, 0.2) is 5.78 Å². The average Bonchev–Trinajstić information content (AvgIpc) is 3.46. The van der Waals surface area contributed by atoms with E-state index >= 15 is 0 Å². The lowest BCUT2D eigenvalue weighted by Crippen LogP contribution is -2.33. The second-order valence-corrected chi connectivity index (χ2v) is 12.3. The topological polar surface area (TPSA) is 125 Å². The normalized spacial score (nSPS) is 16.4. The van der Waals surface area contributed by atoms with Gasteiger partial charge in [0.1, 0.15) is 11.3 Å². The molecule has 1 atom stereocenters. The Balaban J connectivity index is 1.32. The summed E-state index contributed by atoms with van der Waals surface area (Å²) in [5, 5.41) is 3.39. The van der Waals surface area contributed by atoms with E-state index in [1.807, 2.05) is 44.2 Å². The minimum Gasteiger partial charge on any atom is -0.463 e. The number of hydrogen-bond donors (Lipinski definition) is 1. The molecule has 49 heavy (non-hydrogen) atoms. The zero-order valence-electron chi connectivity index (χ0n) is 28.2. The van der Waals surface area contributed by atoms with E-state index < -0.39 is 17.9 Å². The predicted molar refractivity (Wildman–Crippen MR) is 186 cm³/mol. The minimum absolute atomic E-state index is 0.0598. The predicted octanol–water partition coefficient (Wildman–Crippen LogP) is 6.99. The van der Waals surface area contributed by atoms with Gasteiger partial charge in [-0.3, -0.25) is 19.3 Å². The van der Waals surface area contributed by atoms with Crippen molar-refractivity contribution in [2.75, 3.05) is 13.2 Å². The third-order valence-corrected chi connectivity index (χ3v) is 9.02. The molecule has 0 bridgehead atoms. The summed E-state index contributed by atoms with van der Waals surface area (Å²) in [5.74, 6) is -0.906. The van der Waals surface area contributed by atoms with Crippen molar-refractivity contribution < 1.29 is 23.9 Å². The number of dihydropyridines is 1. The minimum atomic E-state index is -0.667. The van der Waals surface area contributed by atoms with Gasteiger partial charge in [-0.1, -0.05) is 30.2 Å². The van der Waals surface area contributed by atoms with Gasteiger partial charge in [0.2, 0.25) is 0 Å². The molecule has 1 aliphatic heterocycles. The van der Waals surface area contributed by atoms with Crippen molar-refractivity contribution in [3.8, 4) is 5.69 Å². The Kier molecular flexibility index (Phi) is 10.4. The summed E-state index contributed by atoms with van der Waals surface area (Å²) in [4.78, 5) is 53.1. The van der Waals surface area contributed by atoms with Crippen LogP contribution in [0.2, 0.25) is 0 Å². The molecule has 2 aliphatic rings. The van der Waals surface area contributed by atoms with Crippen molar-refractivity contribution in [3.63, 3.8) is 0 Å². The number of aryl methyl sites for hydroxylation is 1. The van der Waals surface area contributed by atoms with Gasteiger partial charge < -0.3 is 14.8 Å². The molecule has 10 heteroatoms. The molecule has 1 saturated carbocycles. The highest BCUT2D eigenvalue weighted by Gasteiger charge is 2.37. The van der Waals surface area contributed by atoms with Crippen molar-refractivity contribution in [2.24, 2.45) is 5.92 Å². The summed E-state index contributed by atoms with van der Waals surface area (Å²) in [5.41, 5.74) is 7.13. The first-order chi connectivity index (χ1) is 23.9. The number of ether oxygens (including phenoxy) is 2. The number of rotatable bonds is 11. The molecule has 6 rings (SSSR count). The number of nitrogens with zero attached hydrogens (tertiary/aromatic N) is 4. The summed E-state index contributed by atoms with van der Waals surface area (Å²) < 4.78 is 13.5.